The highest BCUT2D eigenvalue weighted by molar-refractivity contribution is 6.46. The topological polar surface area (TPSA) is 55.7 Å². The van der Waals surface area contributed by atoms with E-state index in [1.165, 1.54) is 6.07 Å². The molecule has 0 unspecified atom stereocenters. The lowest BCUT2D eigenvalue weighted by atomic mass is 9.94. The fourth-order valence-electron chi connectivity index (χ4n) is 2.71. The molecule has 0 heterocycles. The van der Waals surface area contributed by atoms with Crippen molar-refractivity contribution in [1.29, 1.82) is 0 Å². The van der Waals surface area contributed by atoms with Crippen molar-refractivity contribution in [2.24, 2.45) is 5.16 Å². The minimum Gasteiger partial charge on any atom is -0.312 e. The number of oxime groups is 1. The van der Waals surface area contributed by atoms with Crippen LogP contribution in [0.3, 0.4) is 0 Å². The van der Waals surface area contributed by atoms with E-state index in [1.54, 1.807) is 25.1 Å². The molecule has 0 saturated carbocycles. The first-order valence-electron chi connectivity index (χ1n) is 7.99. The van der Waals surface area contributed by atoms with Gasteiger partial charge in [0, 0.05) is 10.6 Å². The van der Waals surface area contributed by atoms with Crippen molar-refractivity contribution in [3.05, 3.63) is 69.2 Å². The van der Waals surface area contributed by atoms with Crippen molar-refractivity contribution in [2.75, 3.05) is 0 Å². The Hall–Kier alpha value is -2.46. The molecule has 0 aliphatic carbocycles. The standard InChI is InChI=1S/C20H20ClNO3/c1-5-17(19(23)18-13(3)9-12(2)10-14(18)4)22-25-20(24)15-7-6-8-16(21)11-15/h6-11H,5H2,1-4H3. The van der Waals surface area contributed by atoms with Gasteiger partial charge in [-0.15, -0.1) is 0 Å². The van der Waals surface area contributed by atoms with Gasteiger partial charge in [0.25, 0.3) is 0 Å². The van der Waals surface area contributed by atoms with Gasteiger partial charge in [-0.3, -0.25) is 4.79 Å². The summed E-state index contributed by atoms with van der Waals surface area (Å²) >= 11 is 5.86. The van der Waals surface area contributed by atoms with Gasteiger partial charge >= 0.3 is 5.97 Å². The number of carbonyl (C=O) groups is 2. The van der Waals surface area contributed by atoms with E-state index in [9.17, 15) is 9.59 Å². The Morgan fingerprint density at radius 2 is 1.72 bits per heavy atom. The van der Waals surface area contributed by atoms with Crippen molar-refractivity contribution < 1.29 is 14.4 Å². The van der Waals surface area contributed by atoms with Gasteiger partial charge in [-0.1, -0.05) is 47.4 Å². The molecule has 2 aromatic rings. The van der Waals surface area contributed by atoms with Crippen LogP contribution >= 0.6 is 11.6 Å². The van der Waals surface area contributed by atoms with Gasteiger partial charge in [0.1, 0.15) is 5.71 Å². The molecule has 0 aliphatic rings. The number of benzene rings is 2. The monoisotopic (exact) mass is 357 g/mol. The number of rotatable bonds is 5. The Bertz CT molecular complexity index is 833. The van der Waals surface area contributed by atoms with Crippen LogP contribution in [0.1, 0.15) is 50.8 Å². The Morgan fingerprint density at radius 3 is 2.28 bits per heavy atom. The molecule has 2 aromatic carbocycles. The summed E-state index contributed by atoms with van der Waals surface area (Å²) in [7, 11) is 0. The van der Waals surface area contributed by atoms with Gasteiger partial charge in [-0.25, -0.2) is 4.79 Å². The highest BCUT2D eigenvalue weighted by Gasteiger charge is 2.19. The van der Waals surface area contributed by atoms with Crippen molar-refractivity contribution in [1.82, 2.24) is 0 Å². The average molecular weight is 358 g/mol. The van der Waals surface area contributed by atoms with Crippen LogP contribution < -0.4 is 0 Å². The van der Waals surface area contributed by atoms with E-state index in [1.807, 2.05) is 32.9 Å². The van der Waals surface area contributed by atoms with Crippen LogP contribution in [0.4, 0.5) is 0 Å². The second kappa shape index (κ2) is 8.08. The minimum atomic E-state index is -0.654. The van der Waals surface area contributed by atoms with E-state index >= 15 is 0 Å². The minimum absolute atomic E-state index is 0.199. The fraction of sp³-hybridized carbons (Fsp3) is 0.250. The third kappa shape index (κ3) is 4.54. The van der Waals surface area contributed by atoms with Gasteiger partial charge in [0.2, 0.25) is 5.78 Å². The zero-order chi connectivity index (χ0) is 18.6. The van der Waals surface area contributed by atoms with Crippen LogP contribution in [0.5, 0.6) is 0 Å². The van der Waals surface area contributed by atoms with Gasteiger partial charge < -0.3 is 4.84 Å². The lowest BCUT2D eigenvalue weighted by Gasteiger charge is -2.11. The normalized spacial score (nSPS) is 11.3. The third-order valence-electron chi connectivity index (χ3n) is 3.80. The highest BCUT2D eigenvalue weighted by atomic mass is 35.5. The smallest absolute Gasteiger partial charge is 0.312 e. The zero-order valence-corrected chi connectivity index (χ0v) is 15.5. The van der Waals surface area contributed by atoms with Gasteiger partial charge in [-0.2, -0.15) is 0 Å². The SMILES string of the molecule is CCC(=NOC(=O)c1cccc(Cl)c1)C(=O)c1c(C)cc(C)cc1C. The Morgan fingerprint density at radius 1 is 1.08 bits per heavy atom. The molecule has 0 fully saturated rings. The molecule has 2 rings (SSSR count). The first kappa shape index (κ1) is 18.9. The molecular formula is C20H20ClNO3. The lowest BCUT2D eigenvalue weighted by Crippen LogP contribution is -2.18. The number of Topliss-reactive ketones (excluding diaryl/α,β-unsaturated/α-hetero) is 1. The first-order chi connectivity index (χ1) is 11.8. The molecule has 5 heteroatoms. The molecule has 4 nitrogen and oxygen atoms in total. The Kier molecular flexibility index (Phi) is 6.10. The molecule has 0 aliphatic heterocycles. The van der Waals surface area contributed by atoms with E-state index in [2.05, 4.69) is 5.16 Å². The number of hydrogen-bond donors (Lipinski definition) is 0. The first-order valence-corrected chi connectivity index (χ1v) is 8.37. The van der Waals surface area contributed by atoms with Gasteiger partial charge in [0.05, 0.1) is 5.56 Å². The maximum Gasteiger partial charge on any atom is 0.365 e. The number of carbonyl (C=O) groups excluding carboxylic acids is 2. The van der Waals surface area contributed by atoms with Crippen LogP contribution in [0.2, 0.25) is 5.02 Å². The number of nitrogens with zero attached hydrogens (tertiary/aromatic N) is 1. The van der Waals surface area contributed by atoms with E-state index in [0.717, 1.165) is 16.7 Å². The van der Waals surface area contributed by atoms with Crippen molar-refractivity contribution in [2.45, 2.75) is 34.1 Å². The molecule has 0 spiro atoms. The number of halogens is 1. The predicted octanol–water partition coefficient (Wildman–Crippen LogP) is 5.07. The molecule has 0 saturated heterocycles. The summed E-state index contributed by atoms with van der Waals surface area (Å²) < 4.78 is 0. The third-order valence-corrected chi connectivity index (χ3v) is 4.04. The summed E-state index contributed by atoms with van der Waals surface area (Å²) in [5, 5.41) is 4.23. The van der Waals surface area contributed by atoms with Crippen molar-refractivity contribution in [3.63, 3.8) is 0 Å². The molecule has 0 N–H and O–H groups in total. The van der Waals surface area contributed by atoms with E-state index < -0.39 is 5.97 Å². The van der Waals surface area contributed by atoms with Crippen LogP contribution in [0.15, 0.2) is 41.6 Å². The quantitative estimate of drug-likeness (QED) is 0.325. The second-order valence-corrected chi connectivity index (χ2v) is 6.32. The van der Waals surface area contributed by atoms with Crippen LogP contribution in [-0.4, -0.2) is 17.5 Å². The summed E-state index contributed by atoms with van der Waals surface area (Å²) in [5.74, 6) is -0.880. The number of ketones is 1. The molecule has 25 heavy (non-hydrogen) atoms. The van der Waals surface area contributed by atoms with E-state index in [0.29, 0.717) is 17.0 Å². The second-order valence-electron chi connectivity index (χ2n) is 5.88. The van der Waals surface area contributed by atoms with Crippen LogP contribution in [-0.2, 0) is 4.84 Å². The van der Waals surface area contributed by atoms with Gasteiger partial charge in [-0.05, 0) is 56.5 Å². The highest BCUT2D eigenvalue weighted by Crippen LogP contribution is 2.18. The summed E-state index contributed by atoms with van der Waals surface area (Å²) in [6, 6.07) is 10.3. The molecule has 0 aromatic heterocycles. The maximum absolute atomic E-state index is 12.8. The van der Waals surface area contributed by atoms with Crippen LogP contribution in [0.25, 0.3) is 0 Å². The van der Waals surface area contributed by atoms with Crippen LogP contribution in [0, 0.1) is 20.8 Å². The van der Waals surface area contributed by atoms with Crippen molar-refractivity contribution in [3.8, 4) is 0 Å². The average Bonchev–Trinajstić information content (AvgIpc) is 2.54. The number of aryl methyl sites for hydroxylation is 3. The Labute approximate surface area is 152 Å². The summed E-state index contributed by atoms with van der Waals surface area (Å²) in [6.07, 6.45) is 0.356. The molecule has 130 valence electrons. The molecule has 0 bridgehead atoms. The van der Waals surface area contributed by atoms with Crippen molar-refractivity contribution >= 4 is 29.1 Å². The Balaban J connectivity index is 2.26. The predicted molar refractivity (Wildman–Crippen MR) is 99.6 cm³/mol. The fourth-order valence-corrected chi connectivity index (χ4v) is 2.90. The molecular weight excluding hydrogens is 338 g/mol. The molecule has 0 amide bonds. The van der Waals surface area contributed by atoms with Gasteiger partial charge in [0.15, 0.2) is 0 Å². The summed E-state index contributed by atoms with van der Waals surface area (Å²) in [5.41, 5.74) is 3.93. The largest absolute Gasteiger partial charge is 0.365 e. The number of hydrogen-bond acceptors (Lipinski definition) is 4. The maximum atomic E-state index is 12.8. The van der Waals surface area contributed by atoms with E-state index in [-0.39, 0.29) is 17.1 Å². The summed E-state index contributed by atoms with van der Waals surface area (Å²) in [6.45, 7) is 7.55. The molecule has 0 radical (unpaired) electrons. The zero-order valence-electron chi connectivity index (χ0n) is 14.7. The van der Waals surface area contributed by atoms with E-state index in [4.69, 9.17) is 16.4 Å². The summed E-state index contributed by atoms with van der Waals surface area (Å²) in [4.78, 5) is 29.8. The molecule has 0 atom stereocenters. The lowest BCUT2D eigenvalue weighted by molar-refractivity contribution is 0.0515.